The Labute approximate surface area is 162 Å². The van der Waals surface area contributed by atoms with Gasteiger partial charge in [-0.05, 0) is 26.3 Å². The lowest BCUT2D eigenvalue weighted by Gasteiger charge is -2.36. The highest BCUT2D eigenvalue weighted by atomic mass is 35.5. The summed E-state index contributed by atoms with van der Waals surface area (Å²) in [5.41, 5.74) is 7.09. The highest BCUT2D eigenvalue weighted by Gasteiger charge is 2.38. The number of nitrogens with one attached hydrogen (secondary N) is 1. The van der Waals surface area contributed by atoms with Gasteiger partial charge in [-0.1, -0.05) is 11.6 Å². The smallest absolute Gasteiger partial charge is 0.407 e. The van der Waals surface area contributed by atoms with E-state index in [4.69, 9.17) is 31.9 Å². The Morgan fingerprint density at radius 1 is 1.48 bits per heavy atom. The van der Waals surface area contributed by atoms with Gasteiger partial charge in [-0.15, -0.1) is 0 Å². The van der Waals surface area contributed by atoms with Gasteiger partial charge in [-0.3, -0.25) is 4.79 Å². The Morgan fingerprint density at radius 3 is 2.81 bits per heavy atom. The number of nitrogens with two attached hydrogens (primary N) is 1. The first-order valence-electron chi connectivity index (χ1n) is 8.74. The highest BCUT2D eigenvalue weighted by Crippen LogP contribution is 2.44. The molecule has 2 atom stereocenters. The second-order valence-electron chi connectivity index (χ2n) is 7.54. The summed E-state index contributed by atoms with van der Waals surface area (Å²) in [6.45, 7) is 4.36. The number of hydrogen-bond donors (Lipinski definition) is 3. The number of hydrogen-bond acceptors (Lipinski definition) is 5. The number of nitrogens with zero attached hydrogens (tertiary/aromatic N) is 1. The summed E-state index contributed by atoms with van der Waals surface area (Å²) in [6.07, 6.45) is -0.422. The summed E-state index contributed by atoms with van der Waals surface area (Å²) in [5.74, 6) is 0.109. The summed E-state index contributed by atoms with van der Waals surface area (Å²) in [6, 6.07) is 1.19. The fourth-order valence-corrected chi connectivity index (χ4v) is 3.86. The van der Waals surface area contributed by atoms with E-state index < -0.39 is 17.8 Å². The summed E-state index contributed by atoms with van der Waals surface area (Å²) in [7, 11) is 1.50. The summed E-state index contributed by atoms with van der Waals surface area (Å²) < 4.78 is 11.3. The van der Waals surface area contributed by atoms with Crippen molar-refractivity contribution in [3.05, 3.63) is 22.2 Å². The van der Waals surface area contributed by atoms with E-state index in [1.54, 1.807) is 0 Å². The average molecular weight is 398 g/mol. The van der Waals surface area contributed by atoms with E-state index in [1.807, 2.05) is 13.8 Å². The molecule has 2 amide bonds. The number of piperidine rings is 1. The fraction of sp³-hybridized carbons (Fsp3) is 0.556. The van der Waals surface area contributed by atoms with Gasteiger partial charge in [0.1, 0.15) is 11.4 Å². The first-order chi connectivity index (χ1) is 12.6. The molecule has 0 spiro atoms. The molecule has 9 heteroatoms. The van der Waals surface area contributed by atoms with Crippen LogP contribution in [0.3, 0.4) is 0 Å². The zero-order valence-electron chi connectivity index (χ0n) is 15.5. The van der Waals surface area contributed by atoms with Crippen LogP contribution in [0, 0.1) is 0 Å². The van der Waals surface area contributed by atoms with E-state index in [1.165, 1.54) is 18.1 Å². The van der Waals surface area contributed by atoms with Gasteiger partial charge in [-0.2, -0.15) is 0 Å². The number of methoxy groups -OCH3 is 1. The number of carbonyl (C=O) groups is 2. The van der Waals surface area contributed by atoms with Crippen molar-refractivity contribution in [1.82, 2.24) is 10.2 Å². The van der Waals surface area contributed by atoms with E-state index in [0.29, 0.717) is 41.4 Å². The maximum Gasteiger partial charge on any atom is 0.407 e. The average Bonchev–Trinajstić information content (AvgIpc) is 2.93. The normalized spacial score (nSPS) is 23.5. The Bertz CT molecular complexity index is 783. The van der Waals surface area contributed by atoms with Crippen molar-refractivity contribution in [3.63, 3.8) is 0 Å². The van der Waals surface area contributed by atoms with Crippen LogP contribution < -0.4 is 15.8 Å². The molecule has 0 aliphatic carbocycles. The van der Waals surface area contributed by atoms with Crippen LogP contribution in [0.5, 0.6) is 5.75 Å². The molecule has 0 bridgehead atoms. The third kappa shape index (κ3) is 3.77. The van der Waals surface area contributed by atoms with Crippen molar-refractivity contribution in [3.8, 4) is 5.75 Å². The second kappa shape index (κ2) is 7.09. The monoisotopic (exact) mass is 397 g/mol. The van der Waals surface area contributed by atoms with Crippen molar-refractivity contribution >= 4 is 29.3 Å². The standard InChI is InChI=1S/C18H24ClN3O5/c1-18(2)7-10-14(20)11(19)6-9(15(10)27-18)16(23)21-12-4-5-22(17(24)25)8-13(12)26-3/h6,12-13H,4-5,7-8,20H2,1-3H3,(H,21,23)(H,24,25)/t12-,13+/m0/s1. The Hall–Kier alpha value is -2.19. The largest absolute Gasteiger partial charge is 0.486 e. The SMILES string of the molecule is CO[C@@H]1CN(C(=O)O)CC[C@@H]1NC(=O)c1cc(Cl)c(N)c2c1OC(C)(C)C2. The predicted octanol–water partition coefficient (Wildman–Crippen LogP) is 2.13. The van der Waals surface area contributed by atoms with E-state index in [0.717, 1.165) is 5.56 Å². The number of anilines is 1. The second-order valence-corrected chi connectivity index (χ2v) is 7.94. The van der Waals surface area contributed by atoms with Gasteiger partial charge in [0, 0.05) is 25.6 Å². The van der Waals surface area contributed by atoms with E-state index in [2.05, 4.69) is 5.32 Å². The van der Waals surface area contributed by atoms with Crippen LogP contribution in [0.1, 0.15) is 36.2 Å². The number of likely N-dealkylation sites (tertiary alicyclic amines) is 1. The van der Waals surface area contributed by atoms with Crippen LogP contribution in [0.25, 0.3) is 0 Å². The number of amides is 2. The molecular weight excluding hydrogens is 374 g/mol. The Morgan fingerprint density at radius 2 is 2.19 bits per heavy atom. The van der Waals surface area contributed by atoms with Crippen molar-refractivity contribution in [2.45, 2.75) is 44.4 Å². The Balaban J connectivity index is 1.83. The summed E-state index contributed by atoms with van der Waals surface area (Å²) in [4.78, 5) is 25.4. The number of rotatable bonds is 3. The predicted molar refractivity (Wildman–Crippen MR) is 101 cm³/mol. The van der Waals surface area contributed by atoms with Gasteiger partial charge in [0.15, 0.2) is 0 Å². The summed E-state index contributed by atoms with van der Waals surface area (Å²) >= 11 is 6.23. The first kappa shape index (κ1) is 19.6. The quantitative estimate of drug-likeness (QED) is 0.673. The molecule has 27 heavy (non-hydrogen) atoms. The molecular formula is C18H24ClN3O5. The lowest BCUT2D eigenvalue weighted by atomic mass is 9.98. The lowest BCUT2D eigenvalue weighted by molar-refractivity contribution is 0.0101. The number of carboxylic acid groups (broad SMARTS) is 1. The minimum Gasteiger partial charge on any atom is -0.486 e. The molecule has 8 nitrogen and oxygen atoms in total. The zero-order valence-corrected chi connectivity index (χ0v) is 16.3. The van der Waals surface area contributed by atoms with Gasteiger partial charge in [-0.25, -0.2) is 4.79 Å². The molecule has 2 aliphatic heterocycles. The first-order valence-corrected chi connectivity index (χ1v) is 9.12. The van der Waals surface area contributed by atoms with Gasteiger partial charge < -0.3 is 30.5 Å². The van der Waals surface area contributed by atoms with Gasteiger partial charge in [0.25, 0.3) is 5.91 Å². The molecule has 0 aromatic heterocycles. The maximum absolute atomic E-state index is 12.9. The van der Waals surface area contributed by atoms with Crippen molar-refractivity contribution in [1.29, 1.82) is 0 Å². The van der Waals surface area contributed by atoms with E-state index >= 15 is 0 Å². The number of fused-ring (bicyclic) bond motifs is 1. The molecule has 4 N–H and O–H groups in total. The molecule has 2 aliphatic rings. The maximum atomic E-state index is 12.9. The topological polar surface area (TPSA) is 114 Å². The number of nitrogen functional groups attached to an aromatic ring is 1. The van der Waals surface area contributed by atoms with Gasteiger partial charge >= 0.3 is 6.09 Å². The van der Waals surface area contributed by atoms with Gasteiger partial charge in [0.2, 0.25) is 0 Å². The van der Waals surface area contributed by atoms with Crippen LogP contribution in [-0.4, -0.2) is 60.0 Å². The highest BCUT2D eigenvalue weighted by molar-refractivity contribution is 6.33. The molecule has 2 heterocycles. The van der Waals surface area contributed by atoms with Crippen molar-refractivity contribution in [2.24, 2.45) is 0 Å². The number of benzene rings is 1. The molecule has 0 saturated carbocycles. The number of halogens is 1. The van der Waals surface area contributed by atoms with Crippen LogP contribution in [0.4, 0.5) is 10.5 Å². The third-order valence-corrected chi connectivity index (χ3v) is 5.36. The van der Waals surface area contributed by atoms with E-state index in [9.17, 15) is 9.59 Å². The molecule has 1 aromatic rings. The molecule has 0 radical (unpaired) electrons. The van der Waals surface area contributed by atoms with E-state index in [-0.39, 0.29) is 18.5 Å². The van der Waals surface area contributed by atoms with Crippen molar-refractivity contribution < 1.29 is 24.2 Å². The number of carbonyl (C=O) groups excluding carboxylic acids is 1. The van der Waals surface area contributed by atoms with Gasteiger partial charge in [0.05, 0.1) is 35.0 Å². The molecule has 0 unspecified atom stereocenters. The molecule has 1 saturated heterocycles. The Kier molecular flexibility index (Phi) is 5.14. The molecule has 148 valence electrons. The number of ether oxygens (including phenoxy) is 2. The lowest BCUT2D eigenvalue weighted by Crippen LogP contribution is -2.55. The summed E-state index contributed by atoms with van der Waals surface area (Å²) in [5, 5.41) is 12.4. The minimum absolute atomic E-state index is 0.195. The minimum atomic E-state index is -0.999. The van der Waals surface area contributed by atoms with Crippen LogP contribution >= 0.6 is 11.6 Å². The van der Waals surface area contributed by atoms with Crippen LogP contribution in [0.2, 0.25) is 5.02 Å². The zero-order chi connectivity index (χ0) is 19.9. The van der Waals surface area contributed by atoms with Crippen molar-refractivity contribution in [2.75, 3.05) is 25.9 Å². The fourth-order valence-electron chi connectivity index (χ4n) is 3.64. The molecule has 1 fully saturated rings. The van der Waals surface area contributed by atoms with Crippen LogP contribution in [0.15, 0.2) is 6.07 Å². The molecule has 1 aromatic carbocycles. The molecule has 3 rings (SSSR count). The third-order valence-electron chi connectivity index (χ3n) is 5.05. The van der Waals surface area contributed by atoms with Crippen LogP contribution in [-0.2, 0) is 11.2 Å².